The fourth-order valence-electron chi connectivity index (χ4n) is 1.12. The van der Waals surface area contributed by atoms with Crippen molar-refractivity contribution in [2.24, 2.45) is 0 Å². The van der Waals surface area contributed by atoms with Crippen LogP contribution in [0.2, 0.25) is 0 Å². The SMILES string of the molecule is C#CCNC(=O)COc1c(F)cc(C=O)cc1F. The van der Waals surface area contributed by atoms with Gasteiger partial charge >= 0.3 is 0 Å². The van der Waals surface area contributed by atoms with Crippen LogP contribution in [0.5, 0.6) is 5.75 Å². The number of amides is 1. The van der Waals surface area contributed by atoms with Crippen molar-refractivity contribution in [2.75, 3.05) is 13.2 Å². The van der Waals surface area contributed by atoms with E-state index in [9.17, 15) is 18.4 Å². The Kier molecular flexibility index (Phi) is 4.81. The molecule has 0 aliphatic heterocycles. The van der Waals surface area contributed by atoms with E-state index >= 15 is 0 Å². The van der Waals surface area contributed by atoms with Crippen molar-refractivity contribution in [1.29, 1.82) is 0 Å². The molecule has 0 saturated carbocycles. The molecule has 0 aromatic heterocycles. The number of halogens is 2. The highest BCUT2D eigenvalue weighted by molar-refractivity contribution is 5.78. The smallest absolute Gasteiger partial charge is 0.258 e. The third-order valence-electron chi connectivity index (χ3n) is 1.89. The molecule has 1 rings (SSSR count). The number of benzene rings is 1. The van der Waals surface area contributed by atoms with Gasteiger partial charge in [0.15, 0.2) is 24.0 Å². The summed E-state index contributed by atoms with van der Waals surface area (Å²) in [6.45, 7) is -0.576. The number of terminal acetylenes is 1. The first-order valence-electron chi connectivity index (χ1n) is 4.85. The third kappa shape index (κ3) is 3.56. The highest BCUT2D eigenvalue weighted by Crippen LogP contribution is 2.22. The zero-order valence-corrected chi connectivity index (χ0v) is 9.20. The van der Waals surface area contributed by atoms with E-state index in [1.807, 2.05) is 0 Å². The fraction of sp³-hybridized carbons (Fsp3) is 0.167. The first-order valence-corrected chi connectivity index (χ1v) is 4.85. The maximum absolute atomic E-state index is 13.3. The molecule has 4 nitrogen and oxygen atoms in total. The summed E-state index contributed by atoms with van der Waals surface area (Å²) in [6.07, 6.45) is 5.21. The summed E-state index contributed by atoms with van der Waals surface area (Å²) < 4.78 is 31.3. The first-order chi connectivity index (χ1) is 8.58. The summed E-state index contributed by atoms with van der Waals surface area (Å²) >= 11 is 0. The van der Waals surface area contributed by atoms with E-state index < -0.39 is 29.9 Å². The highest BCUT2D eigenvalue weighted by Gasteiger charge is 2.13. The van der Waals surface area contributed by atoms with Gasteiger partial charge in [0.1, 0.15) is 6.29 Å². The van der Waals surface area contributed by atoms with Crippen molar-refractivity contribution < 1.29 is 23.1 Å². The molecule has 1 aromatic carbocycles. The fourth-order valence-corrected chi connectivity index (χ4v) is 1.12. The van der Waals surface area contributed by atoms with Crippen molar-refractivity contribution in [2.45, 2.75) is 0 Å². The van der Waals surface area contributed by atoms with Crippen LogP contribution in [0.15, 0.2) is 12.1 Å². The molecule has 0 saturated heterocycles. The molecule has 0 bridgehead atoms. The Morgan fingerprint density at radius 2 is 2.06 bits per heavy atom. The van der Waals surface area contributed by atoms with Gasteiger partial charge in [-0.3, -0.25) is 9.59 Å². The molecule has 1 amide bonds. The van der Waals surface area contributed by atoms with Gasteiger partial charge in [0.05, 0.1) is 6.54 Å². The number of hydrogen-bond acceptors (Lipinski definition) is 3. The van der Waals surface area contributed by atoms with E-state index in [4.69, 9.17) is 6.42 Å². The van der Waals surface area contributed by atoms with Gasteiger partial charge in [0, 0.05) is 5.56 Å². The van der Waals surface area contributed by atoms with E-state index in [0.29, 0.717) is 6.29 Å². The standard InChI is InChI=1S/C12H9F2NO3/c1-2-3-15-11(17)7-18-12-9(13)4-8(6-16)5-10(12)14/h1,4-6H,3,7H2,(H,15,17). The van der Waals surface area contributed by atoms with Gasteiger partial charge in [-0.25, -0.2) is 8.78 Å². The average molecular weight is 253 g/mol. The molecule has 18 heavy (non-hydrogen) atoms. The van der Waals surface area contributed by atoms with E-state index in [1.54, 1.807) is 0 Å². The van der Waals surface area contributed by atoms with Crippen LogP contribution in [-0.2, 0) is 4.79 Å². The van der Waals surface area contributed by atoms with E-state index in [-0.39, 0.29) is 12.1 Å². The van der Waals surface area contributed by atoms with Gasteiger partial charge in [-0.05, 0) is 12.1 Å². The van der Waals surface area contributed by atoms with Gasteiger partial charge < -0.3 is 10.1 Å². The Hall–Kier alpha value is -2.42. The second kappa shape index (κ2) is 6.35. The lowest BCUT2D eigenvalue weighted by molar-refractivity contribution is -0.122. The van der Waals surface area contributed by atoms with E-state index in [1.165, 1.54) is 0 Å². The van der Waals surface area contributed by atoms with Crippen molar-refractivity contribution >= 4 is 12.2 Å². The van der Waals surface area contributed by atoms with Crippen molar-refractivity contribution in [3.05, 3.63) is 29.3 Å². The Morgan fingerprint density at radius 1 is 1.44 bits per heavy atom. The highest BCUT2D eigenvalue weighted by atomic mass is 19.1. The number of ether oxygens (including phenoxy) is 1. The predicted octanol–water partition coefficient (Wildman–Crippen LogP) is 0.905. The van der Waals surface area contributed by atoms with Gasteiger partial charge in [-0.2, -0.15) is 0 Å². The second-order valence-electron chi connectivity index (χ2n) is 3.20. The summed E-state index contributed by atoms with van der Waals surface area (Å²) in [5.74, 6) is -1.26. The minimum atomic E-state index is -1.05. The van der Waals surface area contributed by atoms with Crippen LogP contribution in [-0.4, -0.2) is 25.3 Å². The third-order valence-corrected chi connectivity index (χ3v) is 1.89. The molecular formula is C12H9F2NO3. The van der Waals surface area contributed by atoms with Crippen molar-refractivity contribution in [3.63, 3.8) is 0 Å². The van der Waals surface area contributed by atoms with Crippen LogP contribution in [0.1, 0.15) is 10.4 Å². The number of aldehydes is 1. The number of hydrogen-bond donors (Lipinski definition) is 1. The lowest BCUT2D eigenvalue weighted by Gasteiger charge is -2.08. The van der Waals surface area contributed by atoms with Crippen LogP contribution in [0.25, 0.3) is 0 Å². The van der Waals surface area contributed by atoms with Crippen LogP contribution in [0.3, 0.4) is 0 Å². The van der Waals surface area contributed by atoms with Crippen LogP contribution >= 0.6 is 0 Å². The molecule has 0 aliphatic rings. The molecule has 0 unspecified atom stereocenters. The molecule has 0 spiro atoms. The number of rotatable bonds is 5. The Balaban J connectivity index is 2.71. The molecule has 0 aliphatic carbocycles. The Bertz CT molecular complexity index is 486. The number of carbonyl (C=O) groups is 2. The minimum absolute atomic E-state index is 0.00274. The average Bonchev–Trinajstić information content (AvgIpc) is 2.34. The molecule has 0 radical (unpaired) electrons. The quantitative estimate of drug-likeness (QED) is 0.626. The Morgan fingerprint density at radius 3 is 2.56 bits per heavy atom. The molecule has 94 valence electrons. The molecule has 0 fully saturated rings. The van der Waals surface area contributed by atoms with Crippen LogP contribution in [0, 0.1) is 24.0 Å². The normalized spacial score (nSPS) is 9.39. The molecule has 6 heteroatoms. The van der Waals surface area contributed by atoms with Gasteiger partial charge in [-0.1, -0.05) is 5.92 Å². The van der Waals surface area contributed by atoms with Gasteiger partial charge in [0.2, 0.25) is 0 Å². The molecule has 0 heterocycles. The summed E-state index contributed by atoms with van der Waals surface area (Å²) in [7, 11) is 0. The molecule has 0 atom stereocenters. The Labute approximate surface area is 102 Å². The zero-order chi connectivity index (χ0) is 13.5. The molecular weight excluding hydrogens is 244 g/mol. The predicted molar refractivity (Wildman–Crippen MR) is 59.1 cm³/mol. The maximum atomic E-state index is 13.3. The first kappa shape index (κ1) is 13.6. The minimum Gasteiger partial charge on any atom is -0.478 e. The summed E-state index contributed by atoms with van der Waals surface area (Å²) in [4.78, 5) is 21.4. The maximum Gasteiger partial charge on any atom is 0.258 e. The summed E-state index contributed by atoms with van der Waals surface area (Å²) in [5.41, 5.74) is -0.158. The lowest BCUT2D eigenvalue weighted by atomic mass is 10.2. The second-order valence-corrected chi connectivity index (χ2v) is 3.20. The van der Waals surface area contributed by atoms with Crippen LogP contribution in [0.4, 0.5) is 8.78 Å². The molecule has 1 N–H and O–H groups in total. The summed E-state index contributed by atoms with van der Waals surface area (Å²) in [5, 5.41) is 2.26. The summed E-state index contributed by atoms with van der Waals surface area (Å²) in [6, 6.07) is 1.62. The van der Waals surface area contributed by atoms with Gasteiger partial charge in [-0.15, -0.1) is 6.42 Å². The number of nitrogens with one attached hydrogen (secondary N) is 1. The van der Waals surface area contributed by atoms with Gasteiger partial charge in [0.25, 0.3) is 5.91 Å². The van der Waals surface area contributed by atoms with E-state index in [2.05, 4.69) is 16.0 Å². The largest absolute Gasteiger partial charge is 0.478 e. The van der Waals surface area contributed by atoms with Crippen LogP contribution < -0.4 is 10.1 Å². The van der Waals surface area contributed by atoms with Crippen molar-refractivity contribution in [3.8, 4) is 18.1 Å². The zero-order valence-electron chi connectivity index (χ0n) is 9.20. The monoisotopic (exact) mass is 253 g/mol. The van der Waals surface area contributed by atoms with Crippen molar-refractivity contribution in [1.82, 2.24) is 5.32 Å². The molecule has 1 aromatic rings. The lowest BCUT2D eigenvalue weighted by Crippen LogP contribution is -2.29. The van der Waals surface area contributed by atoms with E-state index in [0.717, 1.165) is 12.1 Å². The number of carbonyl (C=O) groups excluding carboxylic acids is 2. The topological polar surface area (TPSA) is 55.4 Å².